The van der Waals surface area contributed by atoms with E-state index in [-0.39, 0.29) is 27.2 Å². The third kappa shape index (κ3) is 2.10. The Morgan fingerprint density at radius 2 is 2.11 bits per heavy atom. The summed E-state index contributed by atoms with van der Waals surface area (Å²) in [5.74, 6) is -0.546. The molecule has 18 heavy (non-hydrogen) atoms. The van der Waals surface area contributed by atoms with Crippen LogP contribution in [0.3, 0.4) is 0 Å². The minimum absolute atomic E-state index is 0.0986. The minimum atomic E-state index is -0.432. The van der Waals surface area contributed by atoms with Gasteiger partial charge in [-0.25, -0.2) is 9.69 Å². The van der Waals surface area contributed by atoms with Gasteiger partial charge in [-0.2, -0.15) is 0 Å². The molecule has 0 aliphatic heterocycles. The molecule has 1 aromatic carbocycles. The Morgan fingerprint density at radius 1 is 1.39 bits per heavy atom. The number of aromatic nitrogens is 2. The first-order valence-corrected chi connectivity index (χ1v) is 5.38. The van der Waals surface area contributed by atoms with Crippen LogP contribution in [-0.2, 0) is 0 Å². The Kier molecular flexibility index (Phi) is 3.37. The van der Waals surface area contributed by atoms with Crippen LogP contribution in [0.25, 0.3) is 0 Å². The van der Waals surface area contributed by atoms with Crippen LogP contribution in [-0.4, -0.2) is 21.4 Å². The summed E-state index contributed by atoms with van der Waals surface area (Å²) in [6.45, 7) is 0. The summed E-state index contributed by atoms with van der Waals surface area (Å²) >= 11 is 11.7. The molecule has 0 amide bonds. The first-order valence-electron chi connectivity index (χ1n) is 4.62. The van der Waals surface area contributed by atoms with Crippen LogP contribution in [0.1, 0.15) is 5.69 Å². The third-order valence-electron chi connectivity index (χ3n) is 2.11. The summed E-state index contributed by atoms with van der Waals surface area (Å²) in [5, 5.41) is 25.2. The maximum atomic E-state index is 9.89. The Labute approximate surface area is 111 Å². The number of halogens is 2. The molecular weight excluding hydrogens is 281 g/mol. The average Bonchev–Trinajstić information content (AvgIpc) is 2.77. The van der Waals surface area contributed by atoms with Crippen LogP contribution in [0.15, 0.2) is 22.8 Å². The summed E-state index contributed by atoms with van der Waals surface area (Å²) in [6.07, 6.45) is 0. The molecule has 0 bridgehead atoms. The van der Waals surface area contributed by atoms with E-state index < -0.39 is 5.84 Å². The normalized spacial score (nSPS) is 10.4. The molecule has 0 unspecified atom stereocenters. The Morgan fingerprint density at radius 3 is 2.72 bits per heavy atom. The fraction of sp³-hybridized carbons (Fsp3) is 0. The zero-order chi connectivity index (χ0) is 13.3. The summed E-state index contributed by atoms with van der Waals surface area (Å²) < 4.78 is 4.34. The molecule has 0 radical (unpaired) electrons. The number of nitrogen functional groups attached to an aromatic ring is 1. The Hall–Kier alpha value is -1.83. The topological polar surface area (TPSA) is 112 Å². The lowest BCUT2D eigenvalue weighted by molar-refractivity contribution is 0.301. The van der Waals surface area contributed by atoms with Crippen LogP contribution in [0.2, 0.25) is 10.0 Å². The predicted molar refractivity (Wildman–Crippen MR) is 66.3 cm³/mol. The third-order valence-corrected chi connectivity index (χ3v) is 2.92. The molecule has 7 nitrogen and oxygen atoms in total. The fourth-order valence-corrected chi connectivity index (χ4v) is 1.61. The van der Waals surface area contributed by atoms with E-state index in [1.54, 1.807) is 12.1 Å². The van der Waals surface area contributed by atoms with Crippen molar-refractivity contribution >= 4 is 40.5 Å². The van der Waals surface area contributed by atoms with Gasteiger partial charge in [0.25, 0.3) is 0 Å². The van der Waals surface area contributed by atoms with Crippen LogP contribution in [0.5, 0.6) is 0 Å². The molecule has 0 saturated carbocycles. The molecule has 1 heterocycles. The van der Waals surface area contributed by atoms with Crippen LogP contribution < -0.4 is 10.8 Å². The average molecular weight is 288 g/mol. The van der Waals surface area contributed by atoms with Gasteiger partial charge in [-0.3, -0.25) is 10.6 Å². The van der Waals surface area contributed by atoms with E-state index in [4.69, 9.17) is 34.3 Å². The van der Waals surface area contributed by atoms with Gasteiger partial charge < -0.3 is 5.73 Å². The fourth-order valence-electron chi connectivity index (χ4n) is 1.24. The van der Waals surface area contributed by atoms with E-state index >= 15 is 0 Å². The lowest BCUT2D eigenvalue weighted by Gasteiger charge is -2.17. The molecule has 0 aliphatic rings. The van der Waals surface area contributed by atoms with Crippen molar-refractivity contribution < 1.29 is 9.84 Å². The van der Waals surface area contributed by atoms with Crippen LogP contribution in [0.4, 0.5) is 11.5 Å². The van der Waals surface area contributed by atoms with Crippen LogP contribution >= 0.6 is 23.2 Å². The number of rotatable bonds is 2. The van der Waals surface area contributed by atoms with E-state index in [0.29, 0.717) is 5.06 Å². The van der Waals surface area contributed by atoms with Gasteiger partial charge >= 0.3 is 0 Å². The summed E-state index contributed by atoms with van der Waals surface area (Å²) in [5.41, 5.74) is 5.44. The number of anilines is 2. The zero-order valence-corrected chi connectivity index (χ0v) is 10.3. The van der Waals surface area contributed by atoms with Crippen molar-refractivity contribution in [3.05, 3.63) is 33.9 Å². The van der Waals surface area contributed by atoms with E-state index in [2.05, 4.69) is 14.9 Å². The van der Waals surface area contributed by atoms with Crippen molar-refractivity contribution in [2.75, 3.05) is 10.8 Å². The second-order valence-corrected chi connectivity index (χ2v) is 4.02. The van der Waals surface area contributed by atoms with Gasteiger partial charge in [0, 0.05) is 0 Å². The molecule has 94 valence electrons. The maximum Gasteiger partial charge on any atom is 0.199 e. The molecule has 1 aromatic heterocycles. The molecular formula is C9H7Cl2N5O2. The van der Waals surface area contributed by atoms with Gasteiger partial charge in [-0.1, -0.05) is 29.3 Å². The highest BCUT2D eigenvalue weighted by molar-refractivity contribution is 6.44. The summed E-state index contributed by atoms with van der Waals surface area (Å²) in [7, 11) is 0. The standard InChI is InChI=1S/C9H7Cl2N5O2/c10-4-2-1-3-5(6(4)11)16(17)9(13)7-8(12)15-18-14-7/h1-3,13,17H,(H2,12,15). The Balaban J connectivity index is 2.38. The highest BCUT2D eigenvalue weighted by atomic mass is 35.5. The molecule has 2 aromatic rings. The van der Waals surface area contributed by atoms with Crippen LogP contribution in [0, 0.1) is 5.41 Å². The second-order valence-electron chi connectivity index (χ2n) is 3.23. The summed E-state index contributed by atoms with van der Waals surface area (Å²) in [6, 6.07) is 4.60. The number of hydroxylamine groups is 1. The number of nitrogens with one attached hydrogen (secondary N) is 1. The van der Waals surface area contributed by atoms with Crippen molar-refractivity contribution in [3.8, 4) is 0 Å². The maximum absolute atomic E-state index is 9.89. The van der Waals surface area contributed by atoms with Gasteiger partial charge in [0.1, 0.15) is 0 Å². The largest absolute Gasteiger partial charge is 0.379 e. The lowest BCUT2D eigenvalue weighted by atomic mass is 10.3. The number of amidine groups is 1. The van der Waals surface area contributed by atoms with Gasteiger partial charge in [-0.15, -0.1) is 0 Å². The van der Waals surface area contributed by atoms with Crippen molar-refractivity contribution in [1.82, 2.24) is 10.3 Å². The lowest BCUT2D eigenvalue weighted by Crippen LogP contribution is -2.28. The molecule has 0 atom stereocenters. The molecule has 2 rings (SSSR count). The van der Waals surface area contributed by atoms with Gasteiger partial charge in [0.05, 0.1) is 15.7 Å². The first kappa shape index (κ1) is 12.6. The zero-order valence-electron chi connectivity index (χ0n) is 8.76. The number of nitrogens with zero attached hydrogens (tertiary/aromatic N) is 3. The second kappa shape index (κ2) is 4.81. The van der Waals surface area contributed by atoms with Gasteiger partial charge in [0.15, 0.2) is 17.3 Å². The number of nitrogens with two attached hydrogens (primary N) is 1. The number of hydrogen-bond acceptors (Lipinski definition) is 6. The number of hydrogen-bond donors (Lipinski definition) is 3. The van der Waals surface area contributed by atoms with Gasteiger partial charge in [-0.05, 0) is 22.4 Å². The van der Waals surface area contributed by atoms with Crippen molar-refractivity contribution in [2.24, 2.45) is 0 Å². The SMILES string of the molecule is N=C(c1nonc1N)N(O)c1cccc(Cl)c1Cl. The van der Waals surface area contributed by atoms with E-state index in [0.717, 1.165) is 0 Å². The van der Waals surface area contributed by atoms with Crippen molar-refractivity contribution in [3.63, 3.8) is 0 Å². The minimum Gasteiger partial charge on any atom is -0.379 e. The smallest absolute Gasteiger partial charge is 0.199 e. The van der Waals surface area contributed by atoms with E-state index in [1.807, 2.05) is 0 Å². The molecule has 0 spiro atoms. The Bertz CT molecular complexity index is 600. The van der Waals surface area contributed by atoms with Crippen molar-refractivity contribution in [2.45, 2.75) is 0 Å². The molecule has 0 fully saturated rings. The van der Waals surface area contributed by atoms with Gasteiger partial charge in [0.2, 0.25) is 0 Å². The monoisotopic (exact) mass is 287 g/mol. The predicted octanol–water partition coefficient (Wildman–Crippen LogP) is 2.18. The first-order chi connectivity index (χ1) is 8.52. The quantitative estimate of drug-likeness (QED) is 0.443. The van der Waals surface area contributed by atoms with Crippen molar-refractivity contribution in [1.29, 1.82) is 5.41 Å². The van der Waals surface area contributed by atoms with E-state index in [1.165, 1.54) is 6.07 Å². The summed E-state index contributed by atoms with van der Waals surface area (Å²) in [4.78, 5) is 0. The number of benzene rings is 1. The van der Waals surface area contributed by atoms with E-state index in [9.17, 15) is 5.21 Å². The molecule has 4 N–H and O–H groups in total. The molecule has 0 aliphatic carbocycles. The highest BCUT2D eigenvalue weighted by Crippen LogP contribution is 2.32. The molecule has 0 saturated heterocycles. The molecule has 9 heteroatoms. The highest BCUT2D eigenvalue weighted by Gasteiger charge is 2.21.